The van der Waals surface area contributed by atoms with E-state index in [-0.39, 0.29) is 5.91 Å². The lowest BCUT2D eigenvalue weighted by Crippen LogP contribution is -2.56. The first kappa shape index (κ1) is 17.0. The number of hydrogen-bond acceptors (Lipinski definition) is 3. The molecule has 2 amide bonds. The highest BCUT2D eigenvalue weighted by Crippen LogP contribution is 2.33. The Bertz CT molecular complexity index is 338. The van der Waals surface area contributed by atoms with Crippen molar-refractivity contribution in [2.75, 3.05) is 13.1 Å². The first-order chi connectivity index (χ1) is 9.52. The van der Waals surface area contributed by atoms with Gasteiger partial charge in [0.25, 0.3) is 0 Å². The molecule has 1 aliphatic heterocycles. The van der Waals surface area contributed by atoms with Gasteiger partial charge in [-0.05, 0) is 32.1 Å². The number of primary amides is 1. The van der Waals surface area contributed by atoms with Crippen molar-refractivity contribution in [3.63, 3.8) is 0 Å². The van der Waals surface area contributed by atoms with Crippen molar-refractivity contribution in [2.24, 2.45) is 16.9 Å². The van der Waals surface area contributed by atoms with Crippen LogP contribution in [0.25, 0.3) is 0 Å². The number of amides is 2. The Morgan fingerprint density at radius 2 is 1.80 bits per heavy atom. The third-order valence-corrected chi connectivity index (χ3v) is 4.39. The van der Waals surface area contributed by atoms with E-state index in [1.54, 1.807) is 4.90 Å². The monoisotopic (exact) mass is 283 g/mol. The van der Waals surface area contributed by atoms with Crippen LogP contribution in [0.15, 0.2) is 0 Å². The zero-order chi connectivity index (χ0) is 15.2. The molecule has 116 valence electrons. The fourth-order valence-corrected chi connectivity index (χ4v) is 3.36. The van der Waals surface area contributed by atoms with Gasteiger partial charge in [0.05, 0.1) is 5.41 Å². The van der Waals surface area contributed by atoms with E-state index in [4.69, 9.17) is 11.5 Å². The minimum Gasteiger partial charge on any atom is -0.368 e. The Morgan fingerprint density at radius 1 is 1.20 bits per heavy atom. The molecule has 1 unspecified atom stereocenters. The summed E-state index contributed by atoms with van der Waals surface area (Å²) >= 11 is 0. The van der Waals surface area contributed by atoms with E-state index < -0.39 is 17.4 Å². The summed E-state index contributed by atoms with van der Waals surface area (Å²) in [4.78, 5) is 26.3. The molecule has 0 aromatic carbocycles. The molecule has 0 aromatic rings. The summed E-state index contributed by atoms with van der Waals surface area (Å²) < 4.78 is 0. The topological polar surface area (TPSA) is 89.4 Å². The van der Waals surface area contributed by atoms with Gasteiger partial charge in [-0.1, -0.05) is 26.7 Å². The predicted octanol–water partition coefficient (Wildman–Crippen LogP) is 1.40. The minimum absolute atomic E-state index is 0.0344. The molecular formula is C15H29N3O2. The van der Waals surface area contributed by atoms with Crippen molar-refractivity contribution >= 4 is 11.8 Å². The SMILES string of the molecule is CCCC(CN)(CCC)C(=O)N1CCCCC1C(N)=O. The molecule has 1 atom stereocenters. The maximum Gasteiger partial charge on any atom is 0.240 e. The lowest BCUT2D eigenvalue weighted by atomic mass is 9.77. The number of piperidine rings is 1. The summed E-state index contributed by atoms with van der Waals surface area (Å²) in [5.74, 6) is -0.357. The van der Waals surface area contributed by atoms with Gasteiger partial charge in [-0.25, -0.2) is 0 Å². The normalized spacial score (nSPS) is 19.9. The fourth-order valence-electron chi connectivity index (χ4n) is 3.36. The number of rotatable bonds is 7. The number of likely N-dealkylation sites (tertiary alicyclic amines) is 1. The van der Waals surface area contributed by atoms with Gasteiger partial charge in [-0.3, -0.25) is 9.59 Å². The summed E-state index contributed by atoms with van der Waals surface area (Å²) in [6.45, 7) is 5.10. The van der Waals surface area contributed by atoms with E-state index in [1.807, 2.05) is 0 Å². The Balaban J connectivity index is 2.99. The van der Waals surface area contributed by atoms with Gasteiger partial charge in [-0.2, -0.15) is 0 Å². The molecule has 1 rings (SSSR count). The third kappa shape index (κ3) is 3.51. The number of carbonyl (C=O) groups excluding carboxylic acids is 2. The Labute approximate surface area is 122 Å². The van der Waals surface area contributed by atoms with Crippen molar-refractivity contribution < 1.29 is 9.59 Å². The Morgan fingerprint density at radius 3 is 2.25 bits per heavy atom. The average Bonchev–Trinajstić information content (AvgIpc) is 2.46. The molecule has 20 heavy (non-hydrogen) atoms. The average molecular weight is 283 g/mol. The lowest BCUT2D eigenvalue weighted by Gasteiger charge is -2.41. The molecular weight excluding hydrogens is 254 g/mol. The molecule has 0 saturated carbocycles. The van der Waals surface area contributed by atoms with Gasteiger partial charge in [0.1, 0.15) is 6.04 Å². The van der Waals surface area contributed by atoms with Gasteiger partial charge < -0.3 is 16.4 Å². The van der Waals surface area contributed by atoms with Crippen LogP contribution < -0.4 is 11.5 Å². The number of nitrogens with two attached hydrogens (primary N) is 2. The van der Waals surface area contributed by atoms with Crippen LogP contribution in [0.5, 0.6) is 0 Å². The van der Waals surface area contributed by atoms with E-state index in [0.29, 0.717) is 19.5 Å². The summed E-state index contributed by atoms with van der Waals surface area (Å²) in [7, 11) is 0. The maximum atomic E-state index is 13.0. The summed E-state index contributed by atoms with van der Waals surface area (Å²) in [6, 6.07) is -0.448. The number of carbonyl (C=O) groups is 2. The van der Waals surface area contributed by atoms with Crippen molar-refractivity contribution in [2.45, 2.75) is 64.8 Å². The van der Waals surface area contributed by atoms with E-state index >= 15 is 0 Å². The zero-order valence-corrected chi connectivity index (χ0v) is 12.9. The molecule has 5 nitrogen and oxygen atoms in total. The van der Waals surface area contributed by atoms with Crippen LogP contribution in [0.2, 0.25) is 0 Å². The molecule has 4 N–H and O–H groups in total. The highest BCUT2D eigenvalue weighted by molar-refractivity contribution is 5.89. The molecule has 0 spiro atoms. The summed E-state index contributed by atoms with van der Waals surface area (Å²) in [5, 5.41) is 0. The number of nitrogens with zero attached hydrogens (tertiary/aromatic N) is 1. The Kier molecular flexibility index (Phi) is 6.46. The molecule has 1 aliphatic rings. The second-order valence-electron chi connectivity index (χ2n) is 5.90. The van der Waals surface area contributed by atoms with Crippen LogP contribution in [0, 0.1) is 5.41 Å². The fraction of sp³-hybridized carbons (Fsp3) is 0.867. The molecule has 1 heterocycles. The highest BCUT2D eigenvalue weighted by Gasteiger charge is 2.42. The van der Waals surface area contributed by atoms with Gasteiger partial charge in [0.2, 0.25) is 11.8 Å². The number of hydrogen-bond donors (Lipinski definition) is 2. The molecule has 1 saturated heterocycles. The molecule has 1 fully saturated rings. The standard InChI is InChI=1S/C15H29N3O2/c1-3-8-15(11-16,9-4-2)14(20)18-10-6-5-7-12(18)13(17)19/h12H,3-11,16H2,1-2H3,(H2,17,19). The van der Waals surface area contributed by atoms with Crippen molar-refractivity contribution in [1.82, 2.24) is 4.90 Å². The van der Waals surface area contributed by atoms with Gasteiger partial charge in [-0.15, -0.1) is 0 Å². The smallest absolute Gasteiger partial charge is 0.240 e. The highest BCUT2D eigenvalue weighted by atomic mass is 16.2. The van der Waals surface area contributed by atoms with E-state index in [2.05, 4.69) is 13.8 Å². The molecule has 0 aliphatic carbocycles. The molecule has 0 radical (unpaired) electrons. The van der Waals surface area contributed by atoms with E-state index in [1.165, 1.54) is 0 Å². The second-order valence-corrected chi connectivity index (χ2v) is 5.90. The quantitative estimate of drug-likeness (QED) is 0.740. The van der Waals surface area contributed by atoms with E-state index in [9.17, 15) is 9.59 Å². The van der Waals surface area contributed by atoms with Crippen LogP contribution in [0.4, 0.5) is 0 Å². The molecule has 0 aromatic heterocycles. The Hall–Kier alpha value is -1.10. The predicted molar refractivity (Wildman–Crippen MR) is 79.8 cm³/mol. The van der Waals surface area contributed by atoms with Gasteiger partial charge >= 0.3 is 0 Å². The van der Waals surface area contributed by atoms with Gasteiger partial charge in [0.15, 0.2) is 0 Å². The largest absolute Gasteiger partial charge is 0.368 e. The van der Waals surface area contributed by atoms with Crippen molar-refractivity contribution in [3.05, 3.63) is 0 Å². The third-order valence-electron chi connectivity index (χ3n) is 4.39. The van der Waals surface area contributed by atoms with E-state index in [0.717, 1.165) is 38.5 Å². The van der Waals surface area contributed by atoms with Crippen LogP contribution in [-0.2, 0) is 9.59 Å². The first-order valence-corrected chi connectivity index (χ1v) is 7.83. The van der Waals surface area contributed by atoms with Crippen LogP contribution in [-0.4, -0.2) is 35.8 Å². The molecule has 5 heteroatoms. The summed E-state index contributed by atoms with van der Waals surface area (Å²) in [5.41, 5.74) is 10.9. The van der Waals surface area contributed by atoms with Crippen molar-refractivity contribution in [3.8, 4) is 0 Å². The maximum absolute atomic E-state index is 13.0. The molecule has 0 bridgehead atoms. The zero-order valence-electron chi connectivity index (χ0n) is 12.9. The van der Waals surface area contributed by atoms with Crippen LogP contribution >= 0.6 is 0 Å². The van der Waals surface area contributed by atoms with Crippen LogP contribution in [0.1, 0.15) is 58.8 Å². The second kappa shape index (κ2) is 7.62. The van der Waals surface area contributed by atoms with Crippen LogP contribution in [0.3, 0.4) is 0 Å². The van der Waals surface area contributed by atoms with Gasteiger partial charge in [0, 0.05) is 13.1 Å². The minimum atomic E-state index is -0.519. The lowest BCUT2D eigenvalue weighted by molar-refractivity contribution is -0.150. The summed E-state index contributed by atoms with van der Waals surface area (Å²) in [6.07, 6.45) is 5.95. The van der Waals surface area contributed by atoms with Crippen molar-refractivity contribution in [1.29, 1.82) is 0 Å². The first-order valence-electron chi connectivity index (χ1n) is 7.83.